The quantitative estimate of drug-likeness (QED) is 0.718. The number of aliphatic hydroxyl groups is 1. The second-order valence-corrected chi connectivity index (χ2v) is 3.02. The van der Waals surface area contributed by atoms with E-state index in [1.807, 2.05) is 31.2 Å². The molecule has 72 valence electrons. The SMILES string of the molecule is Cc1cccc(OC[C@H](O)CN)c1. The molecular weight excluding hydrogens is 166 g/mol. The molecule has 0 saturated heterocycles. The van der Waals surface area contributed by atoms with Crippen LogP contribution in [-0.4, -0.2) is 24.4 Å². The Bertz CT molecular complexity index is 263. The van der Waals surface area contributed by atoms with Crippen LogP contribution >= 0.6 is 0 Å². The second-order valence-electron chi connectivity index (χ2n) is 3.02. The van der Waals surface area contributed by atoms with Crippen molar-refractivity contribution in [2.24, 2.45) is 5.73 Å². The van der Waals surface area contributed by atoms with Gasteiger partial charge >= 0.3 is 0 Å². The van der Waals surface area contributed by atoms with E-state index in [1.165, 1.54) is 0 Å². The Labute approximate surface area is 78.1 Å². The molecule has 0 aliphatic carbocycles. The van der Waals surface area contributed by atoms with Gasteiger partial charge in [-0.25, -0.2) is 0 Å². The maximum Gasteiger partial charge on any atom is 0.119 e. The molecule has 0 aliphatic heterocycles. The van der Waals surface area contributed by atoms with Crippen LogP contribution in [0.15, 0.2) is 24.3 Å². The standard InChI is InChI=1S/C10H15NO2/c1-8-3-2-4-10(5-8)13-7-9(12)6-11/h2-5,9,12H,6-7,11H2,1H3/t9-/m1/s1. The fourth-order valence-electron chi connectivity index (χ4n) is 0.966. The smallest absolute Gasteiger partial charge is 0.119 e. The lowest BCUT2D eigenvalue weighted by Gasteiger charge is -2.10. The van der Waals surface area contributed by atoms with Crippen LogP contribution in [0.5, 0.6) is 5.75 Å². The van der Waals surface area contributed by atoms with Gasteiger partial charge in [-0.1, -0.05) is 12.1 Å². The molecule has 0 aliphatic rings. The third-order valence-electron chi connectivity index (χ3n) is 1.70. The van der Waals surface area contributed by atoms with E-state index < -0.39 is 6.10 Å². The summed E-state index contributed by atoms with van der Waals surface area (Å²) in [6, 6.07) is 7.69. The molecular formula is C10H15NO2. The highest BCUT2D eigenvalue weighted by Crippen LogP contribution is 2.12. The number of hydrogen-bond acceptors (Lipinski definition) is 3. The minimum atomic E-state index is -0.583. The maximum absolute atomic E-state index is 9.14. The van der Waals surface area contributed by atoms with Crippen LogP contribution in [0.4, 0.5) is 0 Å². The van der Waals surface area contributed by atoms with Gasteiger partial charge in [-0.3, -0.25) is 0 Å². The lowest BCUT2D eigenvalue weighted by atomic mass is 10.2. The van der Waals surface area contributed by atoms with Gasteiger partial charge in [-0.15, -0.1) is 0 Å². The summed E-state index contributed by atoms with van der Waals surface area (Å²) in [4.78, 5) is 0. The molecule has 0 saturated carbocycles. The van der Waals surface area contributed by atoms with Crippen LogP contribution in [0.3, 0.4) is 0 Å². The molecule has 3 nitrogen and oxygen atoms in total. The fraction of sp³-hybridized carbons (Fsp3) is 0.400. The van der Waals surface area contributed by atoms with E-state index in [0.29, 0.717) is 0 Å². The van der Waals surface area contributed by atoms with Gasteiger partial charge in [-0.2, -0.15) is 0 Å². The first-order chi connectivity index (χ1) is 6.22. The highest BCUT2D eigenvalue weighted by molar-refractivity contribution is 5.27. The lowest BCUT2D eigenvalue weighted by Crippen LogP contribution is -2.26. The van der Waals surface area contributed by atoms with E-state index in [0.717, 1.165) is 11.3 Å². The van der Waals surface area contributed by atoms with Crippen molar-refractivity contribution in [2.45, 2.75) is 13.0 Å². The molecule has 0 fully saturated rings. The van der Waals surface area contributed by atoms with Crippen LogP contribution in [0.25, 0.3) is 0 Å². The van der Waals surface area contributed by atoms with Crippen molar-refractivity contribution >= 4 is 0 Å². The Morgan fingerprint density at radius 2 is 2.31 bits per heavy atom. The van der Waals surface area contributed by atoms with Crippen LogP contribution in [0.1, 0.15) is 5.56 Å². The van der Waals surface area contributed by atoms with Crippen LogP contribution < -0.4 is 10.5 Å². The summed E-state index contributed by atoms with van der Waals surface area (Å²) in [6.45, 7) is 2.47. The van der Waals surface area contributed by atoms with E-state index in [-0.39, 0.29) is 13.2 Å². The van der Waals surface area contributed by atoms with Crippen LogP contribution in [-0.2, 0) is 0 Å². The highest BCUT2D eigenvalue weighted by Gasteiger charge is 2.01. The molecule has 3 heteroatoms. The summed E-state index contributed by atoms with van der Waals surface area (Å²) in [7, 11) is 0. The minimum Gasteiger partial charge on any atom is -0.491 e. The summed E-state index contributed by atoms with van der Waals surface area (Å²) in [6.07, 6.45) is -0.583. The molecule has 0 spiro atoms. The van der Waals surface area contributed by atoms with Gasteiger partial charge in [0.25, 0.3) is 0 Å². The van der Waals surface area contributed by atoms with Gasteiger partial charge in [0.05, 0.1) is 0 Å². The molecule has 13 heavy (non-hydrogen) atoms. The molecule has 0 amide bonds. The van der Waals surface area contributed by atoms with E-state index in [9.17, 15) is 0 Å². The minimum absolute atomic E-state index is 0.228. The first kappa shape index (κ1) is 10.0. The number of aliphatic hydroxyl groups excluding tert-OH is 1. The fourth-order valence-corrected chi connectivity index (χ4v) is 0.966. The third kappa shape index (κ3) is 3.44. The molecule has 0 radical (unpaired) electrons. The van der Waals surface area contributed by atoms with E-state index in [2.05, 4.69) is 0 Å². The van der Waals surface area contributed by atoms with Crippen molar-refractivity contribution < 1.29 is 9.84 Å². The van der Waals surface area contributed by atoms with E-state index >= 15 is 0 Å². The van der Waals surface area contributed by atoms with Crippen molar-refractivity contribution in [3.8, 4) is 5.75 Å². The zero-order chi connectivity index (χ0) is 9.68. The van der Waals surface area contributed by atoms with Crippen molar-refractivity contribution in [3.05, 3.63) is 29.8 Å². The predicted octanol–water partition coefficient (Wildman–Crippen LogP) is 0.693. The summed E-state index contributed by atoms with van der Waals surface area (Å²) in [5.74, 6) is 0.771. The number of nitrogens with two attached hydrogens (primary N) is 1. The van der Waals surface area contributed by atoms with Gasteiger partial charge in [0.15, 0.2) is 0 Å². The number of aryl methyl sites for hydroxylation is 1. The average Bonchev–Trinajstić information content (AvgIpc) is 2.14. The molecule has 1 atom stereocenters. The Morgan fingerprint density at radius 3 is 2.92 bits per heavy atom. The summed E-state index contributed by atoms with van der Waals surface area (Å²) >= 11 is 0. The zero-order valence-electron chi connectivity index (χ0n) is 7.73. The first-order valence-corrected chi connectivity index (χ1v) is 4.30. The Balaban J connectivity index is 2.45. The molecule has 0 aromatic heterocycles. The van der Waals surface area contributed by atoms with E-state index in [4.69, 9.17) is 15.6 Å². The molecule has 0 heterocycles. The lowest BCUT2D eigenvalue weighted by molar-refractivity contribution is 0.114. The van der Waals surface area contributed by atoms with Gasteiger partial charge in [-0.05, 0) is 24.6 Å². The second kappa shape index (κ2) is 4.84. The van der Waals surface area contributed by atoms with E-state index in [1.54, 1.807) is 0 Å². The summed E-state index contributed by atoms with van der Waals surface area (Å²) < 4.78 is 5.31. The maximum atomic E-state index is 9.14. The van der Waals surface area contributed by atoms with Crippen LogP contribution in [0.2, 0.25) is 0 Å². The monoisotopic (exact) mass is 181 g/mol. The zero-order valence-corrected chi connectivity index (χ0v) is 7.73. The molecule has 3 N–H and O–H groups in total. The average molecular weight is 181 g/mol. The normalized spacial score (nSPS) is 12.5. The largest absolute Gasteiger partial charge is 0.491 e. The van der Waals surface area contributed by atoms with Crippen LogP contribution in [0, 0.1) is 6.92 Å². The molecule has 0 bridgehead atoms. The molecule has 1 aromatic rings. The number of hydrogen-bond donors (Lipinski definition) is 2. The van der Waals surface area contributed by atoms with Gasteiger partial charge in [0.1, 0.15) is 18.5 Å². The molecule has 1 aromatic carbocycles. The predicted molar refractivity (Wildman–Crippen MR) is 51.7 cm³/mol. The Kier molecular flexibility index (Phi) is 3.73. The topological polar surface area (TPSA) is 55.5 Å². The summed E-state index contributed by atoms with van der Waals surface area (Å²) in [5, 5.41) is 9.14. The third-order valence-corrected chi connectivity index (χ3v) is 1.70. The van der Waals surface area contributed by atoms with Crippen molar-refractivity contribution in [2.75, 3.05) is 13.2 Å². The van der Waals surface area contributed by atoms with Crippen molar-refractivity contribution in [1.29, 1.82) is 0 Å². The van der Waals surface area contributed by atoms with Gasteiger partial charge in [0, 0.05) is 6.54 Å². The van der Waals surface area contributed by atoms with Crippen molar-refractivity contribution in [3.63, 3.8) is 0 Å². The highest BCUT2D eigenvalue weighted by atomic mass is 16.5. The number of benzene rings is 1. The van der Waals surface area contributed by atoms with Gasteiger partial charge < -0.3 is 15.6 Å². The van der Waals surface area contributed by atoms with Crippen molar-refractivity contribution in [1.82, 2.24) is 0 Å². The number of ether oxygens (including phenoxy) is 1. The molecule has 1 rings (SSSR count). The number of rotatable bonds is 4. The Hall–Kier alpha value is -1.06. The Morgan fingerprint density at radius 1 is 1.54 bits per heavy atom. The first-order valence-electron chi connectivity index (χ1n) is 4.30. The van der Waals surface area contributed by atoms with Gasteiger partial charge in [0.2, 0.25) is 0 Å². The molecule has 0 unspecified atom stereocenters. The summed E-state index contributed by atoms with van der Waals surface area (Å²) in [5.41, 5.74) is 6.37.